The van der Waals surface area contributed by atoms with E-state index in [-0.39, 0.29) is 12.5 Å². The van der Waals surface area contributed by atoms with Crippen LogP contribution in [-0.2, 0) is 11.3 Å². The molecule has 0 bridgehead atoms. The molecule has 3 rings (SSSR count). The molecule has 2 aromatic rings. The topological polar surface area (TPSA) is 42.0 Å². The van der Waals surface area contributed by atoms with Crippen LogP contribution in [0.4, 0.5) is 5.69 Å². The Morgan fingerprint density at radius 3 is 2.50 bits per heavy atom. The maximum atomic E-state index is 12.5. The number of nitrogens with zero attached hydrogens (tertiary/aromatic N) is 2. The van der Waals surface area contributed by atoms with Crippen molar-refractivity contribution in [2.45, 2.75) is 13.5 Å². The average molecular weight is 391 g/mol. The second-order valence-corrected chi connectivity index (χ2v) is 6.76. The van der Waals surface area contributed by atoms with Gasteiger partial charge in [0.25, 0.3) is 5.91 Å². The van der Waals surface area contributed by atoms with Gasteiger partial charge in [-0.3, -0.25) is 9.69 Å². The monoisotopic (exact) mass is 390 g/mol. The molecule has 1 saturated heterocycles. The number of rotatable bonds is 5. The fraction of sp³-hybridized carbons (Fsp3) is 0.263. The lowest BCUT2D eigenvalue weighted by Gasteiger charge is -2.21. The van der Waals surface area contributed by atoms with Crippen molar-refractivity contribution in [2.24, 2.45) is 0 Å². The summed E-state index contributed by atoms with van der Waals surface area (Å²) in [5, 5.41) is 1.07. The zero-order valence-electron chi connectivity index (χ0n) is 14.8. The molecule has 0 unspecified atom stereocenters. The highest BCUT2D eigenvalue weighted by atomic mass is 35.5. The van der Waals surface area contributed by atoms with E-state index in [0.29, 0.717) is 33.9 Å². The number of anilines is 1. The number of hydrogen-bond acceptors (Lipinski definition) is 4. The zero-order chi connectivity index (χ0) is 18.8. The Kier molecular flexibility index (Phi) is 5.34. The van der Waals surface area contributed by atoms with E-state index in [1.54, 1.807) is 20.3 Å². The summed E-state index contributed by atoms with van der Waals surface area (Å²) in [6, 6.07) is 11.2. The third kappa shape index (κ3) is 3.48. The average Bonchev–Trinajstić information content (AvgIpc) is 2.91. The second kappa shape index (κ2) is 7.51. The largest absolute Gasteiger partial charge is 0.493 e. The summed E-state index contributed by atoms with van der Waals surface area (Å²) in [5.41, 5.74) is 2.61. The minimum atomic E-state index is -0.0737. The van der Waals surface area contributed by atoms with Gasteiger partial charge in [0.05, 0.1) is 19.9 Å². The lowest BCUT2D eigenvalue weighted by Crippen LogP contribution is -2.32. The van der Waals surface area contributed by atoms with Gasteiger partial charge < -0.3 is 14.4 Å². The zero-order valence-corrected chi connectivity index (χ0v) is 16.4. The molecule has 0 N–H and O–H groups in total. The molecule has 1 aliphatic heterocycles. The van der Waals surface area contributed by atoms with Crippen molar-refractivity contribution in [1.29, 1.82) is 0 Å². The van der Waals surface area contributed by atoms with Crippen LogP contribution in [0.15, 0.2) is 36.4 Å². The SMILES string of the molecule is COc1ccc(CN2CC(=O)N(c3ccc(C)c(Cl)c3)C2=S)cc1OC. The molecule has 2 aromatic carbocycles. The summed E-state index contributed by atoms with van der Waals surface area (Å²) in [5.74, 6) is 1.23. The van der Waals surface area contributed by atoms with Gasteiger partial charge in [-0.05, 0) is 54.5 Å². The van der Waals surface area contributed by atoms with Gasteiger partial charge in [0.2, 0.25) is 0 Å². The van der Waals surface area contributed by atoms with Crippen LogP contribution in [0, 0.1) is 6.92 Å². The Bertz CT molecular complexity index is 872. The lowest BCUT2D eigenvalue weighted by atomic mass is 10.2. The van der Waals surface area contributed by atoms with Crippen LogP contribution in [0.5, 0.6) is 11.5 Å². The molecule has 1 fully saturated rings. The minimum absolute atomic E-state index is 0.0737. The number of aryl methyl sites for hydroxylation is 1. The Hall–Kier alpha value is -2.31. The highest BCUT2D eigenvalue weighted by Gasteiger charge is 2.34. The van der Waals surface area contributed by atoms with E-state index in [0.717, 1.165) is 11.1 Å². The minimum Gasteiger partial charge on any atom is -0.493 e. The fourth-order valence-electron chi connectivity index (χ4n) is 2.85. The van der Waals surface area contributed by atoms with Crippen molar-refractivity contribution in [3.63, 3.8) is 0 Å². The van der Waals surface area contributed by atoms with Gasteiger partial charge in [0, 0.05) is 11.6 Å². The van der Waals surface area contributed by atoms with E-state index in [1.165, 1.54) is 4.90 Å². The van der Waals surface area contributed by atoms with Crippen LogP contribution in [0.2, 0.25) is 5.02 Å². The van der Waals surface area contributed by atoms with Gasteiger partial charge in [-0.15, -0.1) is 0 Å². The maximum absolute atomic E-state index is 12.5. The van der Waals surface area contributed by atoms with Crippen LogP contribution >= 0.6 is 23.8 Å². The molecular weight excluding hydrogens is 372 g/mol. The molecule has 0 aliphatic carbocycles. The van der Waals surface area contributed by atoms with Crippen LogP contribution < -0.4 is 14.4 Å². The molecule has 7 heteroatoms. The van der Waals surface area contributed by atoms with Crippen molar-refractivity contribution in [3.05, 3.63) is 52.5 Å². The van der Waals surface area contributed by atoms with E-state index >= 15 is 0 Å². The highest BCUT2D eigenvalue weighted by Crippen LogP contribution is 2.30. The molecule has 0 saturated carbocycles. The molecule has 0 atom stereocenters. The second-order valence-electron chi connectivity index (χ2n) is 5.99. The van der Waals surface area contributed by atoms with Crippen LogP contribution in [0.25, 0.3) is 0 Å². The predicted octanol–water partition coefficient (Wildman–Crippen LogP) is 3.80. The summed E-state index contributed by atoms with van der Waals surface area (Å²) in [7, 11) is 3.19. The van der Waals surface area contributed by atoms with Gasteiger partial charge >= 0.3 is 0 Å². The molecule has 26 heavy (non-hydrogen) atoms. The molecular formula is C19H19ClN2O3S. The number of benzene rings is 2. The Morgan fingerprint density at radius 1 is 1.12 bits per heavy atom. The van der Waals surface area contributed by atoms with Crippen molar-refractivity contribution >= 4 is 40.5 Å². The molecule has 1 aliphatic rings. The van der Waals surface area contributed by atoms with Crippen molar-refractivity contribution in [3.8, 4) is 11.5 Å². The van der Waals surface area contributed by atoms with Crippen LogP contribution in [-0.4, -0.2) is 36.7 Å². The fourth-order valence-corrected chi connectivity index (χ4v) is 3.36. The van der Waals surface area contributed by atoms with Gasteiger partial charge in [-0.25, -0.2) is 0 Å². The lowest BCUT2D eigenvalue weighted by molar-refractivity contribution is -0.116. The summed E-state index contributed by atoms with van der Waals surface area (Å²) in [6.07, 6.45) is 0. The van der Waals surface area contributed by atoms with Gasteiger partial charge in [0.1, 0.15) is 6.54 Å². The van der Waals surface area contributed by atoms with Crippen molar-refractivity contribution < 1.29 is 14.3 Å². The number of hydrogen-bond donors (Lipinski definition) is 0. The van der Waals surface area contributed by atoms with Crippen LogP contribution in [0.3, 0.4) is 0 Å². The van der Waals surface area contributed by atoms with Crippen LogP contribution in [0.1, 0.15) is 11.1 Å². The molecule has 5 nitrogen and oxygen atoms in total. The normalized spacial score (nSPS) is 14.2. The quantitative estimate of drug-likeness (QED) is 0.726. The number of carbonyl (C=O) groups is 1. The molecule has 1 heterocycles. The first-order chi connectivity index (χ1) is 12.4. The maximum Gasteiger partial charge on any atom is 0.252 e. The first-order valence-corrected chi connectivity index (χ1v) is 8.82. The molecule has 0 aromatic heterocycles. The molecule has 1 amide bonds. The van der Waals surface area contributed by atoms with E-state index in [2.05, 4.69) is 0 Å². The van der Waals surface area contributed by atoms with E-state index in [1.807, 2.05) is 42.2 Å². The van der Waals surface area contributed by atoms with Gasteiger partial charge in [-0.1, -0.05) is 23.7 Å². The summed E-state index contributed by atoms with van der Waals surface area (Å²) in [6.45, 7) is 2.64. The number of ether oxygens (including phenoxy) is 2. The summed E-state index contributed by atoms with van der Waals surface area (Å²) < 4.78 is 10.6. The summed E-state index contributed by atoms with van der Waals surface area (Å²) in [4.78, 5) is 15.9. The highest BCUT2D eigenvalue weighted by molar-refractivity contribution is 7.80. The molecule has 0 radical (unpaired) electrons. The number of amides is 1. The van der Waals surface area contributed by atoms with Crippen molar-refractivity contribution in [2.75, 3.05) is 25.7 Å². The van der Waals surface area contributed by atoms with Gasteiger partial charge in [-0.2, -0.15) is 0 Å². The Morgan fingerprint density at radius 2 is 1.85 bits per heavy atom. The number of carbonyl (C=O) groups excluding carboxylic acids is 1. The molecule has 136 valence electrons. The Balaban J connectivity index is 1.82. The van der Waals surface area contributed by atoms with Crippen molar-refractivity contribution in [1.82, 2.24) is 4.90 Å². The number of methoxy groups -OCH3 is 2. The third-order valence-corrected chi connectivity index (χ3v) is 5.12. The first kappa shape index (κ1) is 18.5. The predicted molar refractivity (Wildman–Crippen MR) is 106 cm³/mol. The third-order valence-electron chi connectivity index (χ3n) is 4.27. The molecule has 0 spiro atoms. The van der Waals surface area contributed by atoms with Gasteiger partial charge in [0.15, 0.2) is 16.6 Å². The van der Waals surface area contributed by atoms with E-state index < -0.39 is 0 Å². The standard InChI is InChI=1S/C19H19ClN2O3S/c1-12-4-6-14(9-15(12)20)22-18(23)11-21(19(22)26)10-13-5-7-16(24-2)17(8-13)25-3/h4-9H,10-11H2,1-3H3. The first-order valence-electron chi connectivity index (χ1n) is 8.03. The smallest absolute Gasteiger partial charge is 0.252 e. The number of thiocarbonyl (C=S) groups is 1. The van der Waals surface area contributed by atoms with E-state index in [9.17, 15) is 4.79 Å². The number of halogens is 1. The Labute approximate surface area is 163 Å². The van der Waals surface area contributed by atoms with E-state index in [4.69, 9.17) is 33.3 Å². The summed E-state index contributed by atoms with van der Waals surface area (Å²) >= 11 is 11.7.